The van der Waals surface area contributed by atoms with Gasteiger partial charge in [0, 0.05) is 5.56 Å². The Bertz CT molecular complexity index is 494. The molecule has 1 amide bonds. The molecule has 0 aliphatic carbocycles. The zero-order valence-electron chi connectivity index (χ0n) is 12.0. The van der Waals surface area contributed by atoms with Crippen LogP contribution in [0.1, 0.15) is 31.9 Å². The van der Waals surface area contributed by atoms with Crippen LogP contribution < -0.4 is 10.1 Å². The Balaban J connectivity index is 2.78. The van der Waals surface area contributed by atoms with Crippen molar-refractivity contribution in [1.29, 1.82) is 5.26 Å². The number of carbonyl (C=O) groups excluding carboxylic acids is 1. The first-order valence-corrected chi connectivity index (χ1v) is 6.49. The molecule has 0 radical (unpaired) electrons. The molecular weight excluding hydrogens is 256 g/mol. The minimum atomic E-state index is -0.794. The van der Waals surface area contributed by atoms with Gasteiger partial charge >= 0.3 is 0 Å². The van der Waals surface area contributed by atoms with Crippen molar-refractivity contribution in [3.8, 4) is 11.8 Å². The highest BCUT2D eigenvalue weighted by Gasteiger charge is 2.20. The van der Waals surface area contributed by atoms with Gasteiger partial charge in [-0.25, -0.2) is 0 Å². The number of benzene rings is 1. The van der Waals surface area contributed by atoms with Crippen LogP contribution >= 0.6 is 0 Å². The molecule has 5 heteroatoms. The average molecular weight is 276 g/mol. The number of nitrogens with zero attached hydrogens (tertiary/aromatic N) is 1. The summed E-state index contributed by atoms with van der Waals surface area (Å²) in [5, 5.41) is 21.5. The number of ether oxygens (including phenoxy) is 1. The molecule has 5 nitrogen and oxygen atoms in total. The van der Waals surface area contributed by atoms with Crippen molar-refractivity contribution in [1.82, 2.24) is 5.32 Å². The van der Waals surface area contributed by atoms with E-state index in [4.69, 9.17) is 4.74 Å². The van der Waals surface area contributed by atoms with Crippen molar-refractivity contribution in [3.63, 3.8) is 0 Å². The second kappa shape index (κ2) is 7.51. The maximum Gasteiger partial charge on any atom is 0.223 e. The zero-order chi connectivity index (χ0) is 15.1. The van der Waals surface area contributed by atoms with E-state index in [2.05, 4.69) is 5.32 Å². The number of carbonyl (C=O) groups is 1. The van der Waals surface area contributed by atoms with Gasteiger partial charge in [-0.3, -0.25) is 4.79 Å². The summed E-state index contributed by atoms with van der Waals surface area (Å²) in [5.41, 5.74) is 0.602. The maximum atomic E-state index is 11.8. The fourth-order valence-electron chi connectivity index (χ4n) is 1.73. The first-order valence-electron chi connectivity index (χ1n) is 6.49. The van der Waals surface area contributed by atoms with Gasteiger partial charge < -0.3 is 15.2 Å². The number of hydrogen-bond donors (Lipinski definition) is 2. The van der Waals surface area contributed by atoms with Gasteiger partial charge in [-0.2, -0.15) is 5.26 Å². The summed E-state index contributed by atoms with van der Waals surface area (Å²) in [6, 6.07) is 8.27. The highest BCUT2D eigenvalue weighted by Crippen LogP contribution is 2.24. The molecule has 0 saturated carbocycles. The third kappa shape index (κ3) is 4.25. The smallest absolute Gasteiger partial charge is 0.223 e. The fraction of sp³-hybridized carbons (Fsp3) is 0.467. The molecule has 2 atom stereocenters. The molecule has 2 unspecified atom stereocenters. The molecule has 2 N–H and O–H groups in total. The third-order valence-corrected chi connectivity index (χ3v) is 3.05. The van der Waals surface area contributed by atoms with Gasteiger partial charge in [0.25, 0.3) is 0 Å². The van der Waals surface area contributed by atoms with E-state index in [1.165, 1.54) is 7.11 Å². The summed E-state index contributed by atoms with van der Waals surface area (Å²) in [6.45, 7) is 3.67. The molecule has 1 aromatic carbocycles. The molecule has 0 heterocycles. The standard InChI is InChI=1S/C15H20N2O3/c1-10(2)13(18)8-15(19)17-12(9-16)11-6-4-5-7-14(11)20-3/h4-7,10,12-13,18H,8H2,1-3H3,(H,17,19). The largest absolute Gasteiger partial charge is 0.496 e. The first kappa shape index (κ1) is 16.0. The molecule has 0 aliphatic heterocycles. The van der Waals surface area contributed by atoms with Crippen LogP contribution in [-0.4, -0.2) is 24.2 Å². The lowest BCUT2D eigenvalue weighted by atomic mass is 10.0. The van der Waals surface area contributed by atoms with Gasteiger partial charge in [0.2, 0.25) is 5.91 Å². The van der Waals surface area contributed by atoms with E-state index in [1.807, 2.05) is 19.9 Å². The van der Waals surface area contributed by atoms with Crippen LogP contribution in [0.3, 0.4) is 0 Å². The third-order valence-electron chi connectivity index (χ3n) is 3.05. The van der Waals surface area contributed by atoms with Crippen molar-refractivity contribution in [2.75, 3.05) is 7.11 Å². The minimum Gasteiger partial charge on any atom is -0.496 e. The number of nitriles is 1. The zero-order valence-corrected chi connectivity index (χ0v) is 12.0. The molecule has 1 aromatic rings. The van der Waals surface area contributed by atoms with Crippen LogP contribution in [-0.2, 0) is 4.79 Å². The quantitative estimate of drug-likeness (QED) is 0.829. The van der Waals surface area contributed by atoms with Crippen molar-refractivity contribution in [3.05, 3.63) is 29.8 Å². The maximum absolute atomic E-state index is 11.8. The Morgan fingerprint density at radius 3 is 2.65 bits per heavy atom. The minimum absolute atomic E-state index is 0.00690. The van der Waals surface area contributed by atoms with Gasteiger partial charge in [0.1, 0.15) is 11.8 Å². The predicted octanol–water partition coefficient (Wildman–Crippen LogP) is 1.78. The van der Waals surface area contributed by atoms with Gasteiger partial charge in [-0.1, -0.05) is 32.0 Å². The second-order valence-electron chi connectivity index (χ2n) is 4.89. The molecule has 0 aliphatic rings. The van der Waals surface area contributed by atoms with Crippen LogP contribution in [0.4, 0.5) is 0 Å². The van der Waals surface area contributed by atoms with E-state index in [0.717, 1.165) is 0 Å². The number of rotatable bonds is 6. The Labute approximate surface area is 119 Å². The molecule has 0 saturated heterocycles. The molecule has 0 spiro atoms. The number of aliphatic hydroxyl groups excluding tert-OH is 1. The van der Waals surface area contributed by atoms with E-state index >= 15 is 0 Å². The summed E-state index contributed by atoms with van der Waals surface area (Å²) in [4.78, 5) is 11.8. The van der Waals surface area contributed by atoms with Crippen LogP contribution in [0, 0.1) is 17.2 Å². The lowest BCUT2D eigenvalue weighted by molar-refractivity contribution is -0.124. The summed E-state index contributed by atoms with van der Waals surface area (Å²) in [6.07, 6.45) is -0.739. The lowest BCUT2D eigenvalue weighted by Crippen LogP contribution is -2.32. The molecule has 1 rings (SSSR count). The van der Waals surface area contributed by atoms with Gasteiger partial charge in [0.05, 0.1) is 25.7 Å². The van der Waals surface area contributed by atoms with Crippen LogP contribution in [0.2, 0.25) is 0 Å². The molecular formula is C15H20N2O3. The molecule has 0 fully saturated rings. The summed E-state index contributed by atoms with van der Waals surface area (Å²) in [5.74, 6) is 0.181. The topological polar surface area (TPSA) is 82.3 Å². The second-order valence-corrected chi connectivity index (χ2v) is 4.89. The Morgan fingerprint density at radius 1 is 1.45 bits per heavy atom. The van der Waals surface area contributed by atoms with E-state index in [1.54, 1.807) is 24.3 Å². The monoisotopic (exact) mass is 276 g/mol. The Hall–Kier alpha value is -2.06. The Morgan fingerprint density at radius 2 is 2.10 bits per heavy atom. The van der Waals surface area contributed by atoms with Gasteiger partial charge in [0.15, 0.2) is 0 Å². The van der Waals surface area contributed by atoms with Crippen molar-refractivity contribution in [2.45, 2.75) is 32.4 Å². The molecule has 20 heavy (non-hydrogen) atoms. The predicted molar refractivity (Wildman–Crippen MR) is 75.0 cm³/mol. The van der Waals surface area contributed by atoms with Gasteiger partial charge in [-0.05, 0) is 12.0 Å². The van der Waals surface area contributed by atoms with Crippen LogP contribution in [0.5, 0.6) is 5.75 Å². The molecule has 108 valence electrons. The van der Waals surface area contributed by atoms with E-state index in [-0.39, 0.29) is 18.2 Å². The van der Waals surface area contributed by atoms with Crippen LogP contribution in [0.15, 0.2) is 24.3 Å². The normalized spacial score (nSPS) is 13.4. The number of hydrogen-bond acceptors (Lipinski definition) is 4. The van der Waals surface area contributed by atoms with E-state index in [0.29, 0.717) is 11.3 Å². The molecule has 0 aromatic heterocycles. The highest BCUT2D eigenvalue weighted by molar-refractivity contribution is 5.77. The van der Waals surface area contributed by atoms with Crippen molar-refractivity contribution >= 4 is 5.91 Å². The number of para-hydroxylation sites is 1. The first-order chi connectivity index (χ1) is 9.49. The van der Waals surface area contributed by atoms with Crippen molar-refractivity contribution < 1.29 is 14.6 Å². The van der Waals surface area contributed by atoms with Gasteiger partial charge in [-0.15, -0.1) is 0 Å². The fourth-order valence-corrected chi connectivity index (χ4v) is 1.73. The van der Waals surface area contributed by atoms with Crippen molar-refractivity contribution in [2.24, 2.45) is 5.92 Å². The highest BCUT2D eigenvalue weighted by atomic mass is 16.5. The van der Waals surface area contributed by atoms with Crippen LogP contribution in [0.25, 0.3) is 0 Å². The number of aliphatic hydroxyl groups is 1. The summed E-state index contributed by atoms with van der Waals surface area (Å²) in [7, 11) is 1.51. The lowest BCUT2D eigenvalue weighted by Gasteiger charge is -2.17. The number of amides is 1. The number of nitrogens with one attached hydrogen (secondary N) is 1. The SMILES string of the molecule is COc1ccccc1C(C#N)NC(=O)CC(O)C(C)C. The number of methoxy groups -OCH3 is 1. The summed E-state index contributed by atoms with van der Waals surface area (Å²) >= 11 is 0. The van der Waals surface area contributed by atoms with E-state index in [9.17, 15) is 15.2 Å². The average Bonchev–Trinajstić information content (AvgIpc) is 2.44. The summed E-state index contributed by atoms with van der Waals surface area (Å²) < 4.78 is 5.18. The van der Waals surface area contributed by atoms with E-state index < -0.39 is 12.1 Å². The molecule has 0 bridgehead atoms. The Kier molecular flexibility index (Phi) is 6.01.